The van der Waals surface area contributed by atoms with E-state index in [2.05, 4.69) is 25.3 Å². The number of hydrogen-bond donors (Lipinski definition) is 1. The molecule has 186 valence electrons. The minimum atomic E-state index is -3.55. The molecule has 0 atom stereocenters. The first-order chi connectivity index (χ1) is 16.5. The molecular weight excluding hydrogens is 466 g/mol. The van der Waals surface area contributed by atoms with Crippen molar-refractivity contribution in [1.29, 1.82) is 0 Å². The molecule has 1 aliphatic rings. The molecule has 1 saturated heterocycles. The number of likely N-dealkylation sites (N-methyl/N-ethyl adjacent to an activating group) is 1. The van der Waals surface area contributed by atoms with Crippen LogP contribution in [0.4, 0.5) is 5.69 Å². The van der Waals surface area contributed by atoms with E-state index in [1.807, 2.05) is 40.8 Å². The van der Waals surface area contributed by atoms with E-state index in [0.717, 1.165) is 28.3 Å². The van der Waals surface area contributed by atoms with Crippen LogP contribution in [-0.2, 0) is 21.2 Å². The summed E-state index contributed by atoms with van der Waals surface area (Å²) in [6.45, 7) is 9.90. The molecule has 0 radical (unpaired) electrons. The molecule has 3 aromatic rings. The van der Waals surface area contributed by atoms with Gasteiger partial charge in [0.15, 0.2) is 0 Å². The van der Waals surface area contributed by atoms with E-state index in [-0.39, 0.29) is 17.2 Å². The quantitative estimate of drug-likeness (QED) is 0.554. The fraction of sp³-hybridized carbons (Fsp3) is 0.417. The van der Waals surface area contributed by atoms with Gasteiger partial charge in [-0.15, -0.1) is 0 Å². The summed E-state index contributed by atoms with van der Waals surface area (Å²) in [5.41, 5.74) is 4.56. The molecular formula is C24H31N7O3S. The Labute approximate surface area is 206 Å². The van der Waals surface area contributed by atoms with Gasteiger partial charge in [-0.1, -0.05) is 0 Å². The van der Waals surface area contributed by atoms with Gasteiger partial charge in [-0.25, -0.2) is 23.1 Å². The van der Waals surface area contributed by atoms with Crippen molar-refractivity contribution in [1.82, 2.24) is 29.0 Å². The smallest absolute Gasteiger partial charge is 0.251 e. The fourth-order valence-electron chi connectivity index (χ4n) is 4.18. The average molecular weight is 498 g/mol. The third-order valence-electron chi connectivity index (χ3n) is 6.18. The van der Waals surface area contributed by atoms with E-state index in [4.69, 9.17) is 0 Å². The van der Waals surface area contributed by atoms with Crippen molar-refractivity contribution in [3.63, 3.8) is 0 Å². The molecule has 0 bridgehead atoms. The first-order valence-electron chi connectivity index (χ1n) is 11.5. The predicted octanol–water partition coefficient (Wildman–Crippen LogP) is 2.01. The van der Waals surface area contributed by atoms with Crippen molar-refractivity contribution in [2.75, 3.05) is 38.5 Å². The number of carbonyl (C=O) groups is 1. The van der Waals surface area contributed by atoms with Crippen molar-refractivity contribution < 1.29 is 13.2 Å². The summed E-state index contributed by atoms with van der Waals surface area (Å²) in [4.78, 5) is 24.0. The number of anilines is 1. The molecule has 0 spiro atoms. The van der Waals surface area contributed by atoms with Gasteiger partial charge in [0.2, 0.25) is 15.9 Å². The standard InChI is InChI=1S/C24H31N7O3S/c1-16-14-17(2)26-24(25-16)31-19(4)22(18(3)28-31)15-23(32)27-20-6-8-21(9-7-20)35(33,34)30-12-10-29(5)11-13-30/h6-9,14H,10-13,15H2,1-5H3,(H,27,32). The predicted molar refractivity (Wildman–Crippen MR) is 133 cm³/mol. The number of hydrogen-bond acceptors (Lipinski definition) is 7. The first kappa shape index (κ1) is 25.0. The Kier molecular flexibility index (Phi) is 7.02. The molecule has 1 amide bonds. The summed E-state index contributed by atoms with van der Waals surface area (Å²) in [6.07, 6.45) is 0.129. The van der Waals surface area contributed by atoms with Crippen molar-refractivity contribution >= 4 is 21.6 Å². The molecule has 2 aromatic heterocycles. The monoisotopic (exact) mass is 497 g/mol. The number of sulfonamides is 1. The fourth-order valence-corrected chi connectivity index (χ4v) is 5.60. The van der Waals surface area contributed by atoms with Crippen LogP contribution in [0.1, 0.15) is 28.3 Å². The number of nitrogens with one attached hydrogen (secondary N) is 1. The lowest BCUT2D eigenvalue weighted by molar-refractivity contribution is -0.115. The second kappa shape index (κ2) is 9.84. The number of rotatable bonds is 6. The summed E-state index contributed by atoms with van der Waals surface area (Å²) < 4.78 is 29.0. The molecule has 1 fully saturated rings. The number of nitrogens with zero attached hydrogens (tertiary/aromatic N) is 6. The number of piperazine rings is 1. The highest BCUT2D eigenvalue weighted by Crippen LogP contribution is 2.21. The zero-order valence-corrected chi connectivity index (χ0v) is 21.6. The van der Waals surface area contributed by atoms with Gasteiger partial charge in [0.1, 0.15) is 0 Å². The number of amides is 1. The highest BCUT2D eigenvalue weighted by molar-refractivity contribution is 7.89. The zero-order valence-electron chi connectivity index (χ0n) is 20.7. The van der Waals surface area contributed by atoms with Crippen molar-refractivity contribution in [3.05, 3.63) is 58.7 Å². The highest BCUT2D eigenvalue weighted by atomic mass is 32.2. The van der Waals surface area contributed by atoms with Crippen LogP contribution in [0.2, 0.25) is 0 Å². The van der Waals surface area contributed by atoms with Gasteiger partial charge in [-0.05, 0) is 65.1 Å². The number of aryl methyl sites for hydroxylation is 3. The molecule has 1 aliphatic heterocycles. The molecule has 1 N–H and O–H groups in total. The van der Waals surface area contributed by atoms with Gasteiger partial charge < -0.3 is 10.2 Å². The molecule has 0 saturated carbocycles. The Morgan fingerprint density at radius 1 is 0.971 bits per heavy atom. The van der Waals surface area contributed by atoms with Crippen LogP contribution >= 0.6 is 0 Å². The number of aromatic nitrogens is 4. The third-order valence-corrected chi connectivity index (χ3v) is 8.09. The molecule has 10 nitrogen and oxygen atoms in total. The molecule has 1 aromatic carbocycles. The zero-order chi connectivity index (χ0) is 25.3. The van der Waals surface area contributed by atoms with Crippen LogP contribution in [0.5, 0.6) is 0 Å². The maximum atomic E-state index is 12.9. The normalized spacial score (nSPS) is 15.3. The Morgan fingerprint density at radius 3 is 2.17 bits per heavy atom. The topological polar surface area (TPSA) is 113 Å². The molecule has 0 aliphatic carbocycles. The molecule has 4 rings (SSSR count). The van der Waals surface area contributed by atoms with E-state index in [0.29, 0.717) is 37.8 Å². The van der Waals surface area contributed by atoms with E-state index in [1.54, 1.807) is 16.8 Å². The van der Waals surface area contributed by atoms with Crippen LogP contribution in [0.15, 0.2) is 35.2 Å². The van der Waals surface area contributed by atoms with Gasteiger partial charge in [-0.2, -0.15) is 9.40 Å². The largest absolute Gasteiger partial charge is 0.326 e. The van der Waals surface area contributed by atoms with Gasteiger partial charge in [0, 0.05) is 54.5 Å². The van der Waals surface area contributed by atoms with Crippen LogP contribution in [-0.4, -0.2) is 76.5 Å². The lowest BCUT2D eigenvalue weighted by Gasteiger charge is -2.31. The van der Waals surface area contributed by atoms with Gasteiger partial charge in [-0.3, -0.25) is 4.79 Å². The number of carbonyl (C=O) groups excluding carboxylic acids is 1. The minimum Gasteiger partial charge on any atom is -0.326 e. The summed E-state index contributed by atoms with van der Waals surface area (Å²) in [7, 11) is -1.57. The Morgan fingerprint density at radius 2 is 1.57 bits per heavy atom. The Balaban J connectivity index is 1.45. The summed E-state index contributed by atoms with van der Waals surface area (Å²) in [6, 6.07) is 8.20. The van der Waals surface area contributed by atoms with Crippen LogP contribution in [0.25, 0.3) is 5.95 Å². The maximum absolute atomic E-state index is 12.9. The third kappa shape index (κ3) is 5.42. The first-order valence-corrected chi connectivity index (χ1v) is 12.9. The summed E-state index contributed by atoms with van der Waals surface area (Å²) in [5.74, 6) is 0.263. The summed E-state index contributed by atoms with van der Waals surface area (Å²) in [5, 5.41) is 7.40. The van der Waals surface area contributed by atoms with Gasteiger partial charge in [0.25, 0.3) is 5.95 Å². The molecule has 11 heteroatoms. The van der Waals surface area contributed by atoms with Crippen molar-refractivity contribution in [3.8, 4) is 5.95 Å². The number of benzene rings is 1. The lowest BCUT2D eigenvalue weighted by atomic mass is 10.1. The van der Waals surface area contributed by atoms with Crippen molar-refractivity contribution in [2.24, 2.45) is 0 Å². The molecule has 35 heavy (non-hydrogen) atoms. The Bertz CT molecular complexity index is 1320. The molecule has 0 unspecified atom stereocenters. The van der Waals surface area contributed by atoms with E-state index >= 15 is 0 Å². The maximum Gasteiger partial charge on any atom is 0.251 e. The van der Waals surface area contributed by atoms with Gasteiger partial charge >= 0.3 is 0 Å². The average Bonchev–Trinajstić information content (AvgIpc) is 3.07. The van der Waals surface area contributed by atoms with Crippen LogP contribution in [0, 0.1) is 27.7 Å². The Hall–Kier alpha value is -3.15. The van der Waals surface area contributed by atoms with Crippen molar-refractivity contribution in [2.45, 2.75) is 39.0 Å². The van der Waals surface area contributed by atoms with E-state index < -0.39 is 10.0 Å². The van der Waals surface area contributed by atoms with E-state index in [9.17, 15) is 13.2 Å². The van der Waals surface area contributed by atoms with E-state index in [1.165, 1.54) is 16.4 Å². The van der Waals surface area contributed by atoms with Crippen LogP contribution in [0.3, 0.4) is 0 Å². The minimum absolute atomic E-state index is 0.129. The van der Waals surface area contributed by atoms with Gasteiger partial charge in [0.05, 0.1) is 17.0 Å². The second-order valence-corrected chi connectivity index (χ2v) is 10.9. The second-order valence-electron chi connectivity index (χ2n) is 8.97. The lowest BCUT2D eigenvalue weighted by Crippen LogP contribution is -2.46. The molecule has 3 heterocycles. The summed E-state index contributed by atoms with van der Waals surface area (Å²) >= 11 is 0. The van der Waals surface area contributed by atoms with Crippen LogP contribution < -0.4 is 5.32 Å². The highest BCUT2D eigenvalue weighted by Gasteiger charge is 2.27. The SMILES string of the molecule is Cc1cc(C)nc(-n2nc(C)c(CC(=O)Nc3ccc(S(=O)(=O)N4CCN(C)CC4)cc3)c2C)n1.